The fraction of sp³-hybridized carbons (Fsp3) is 0.278. The molecule has 0 saturated carbocycles. The maximum atomic E-state index is 12.7. The zero-order chi connectivity index (χ0) is 17.4. The monoisotopic (exact) mass is 335 g/mol. The Kier molecular flexibility index (Phi) is 4.09. The molecule has 0 fully saturated rings. The van der Waals surface area contributed by atoms with Crippen molar-refractivity contribution < 1.29 is 23.1 Å². The summed E-state index contributed by atoms with van der Waals surface area (Å²) in [6.45, 7) is 0. The highest BCUT2D eigenvalue weighted by Crippen LogP contribution is 2.39. The fourth-order valence-electron chi connectivity index (χ4n) is 3.10. The Bertz CT molecular complexity index is 773. The van der Waals surface area contributed by atoms with Crippen LogP contribution >= 0.6 is 0 Å². The fourth-order valence-corrected chi connectivity index (χ4v) is 3.10. The third-order valence-corrected chi connectivity index (χ3v) is 4.25. The van der Waals surface area contributed by atoms with Gasteiger partial charge in [-0.05, 0) is 42.2 Å². The quantitative estimate of drug-likeness (QED) is 0.895. The highest BCUT2D eigenvalue weighted by Gasteiger charge is 2.38. The molecule has 2 aromatic rings. The number of anilines is 1. The van der Waals surface area contributed by atoms with Crippen LogP contribution < -0.4 is 5.32 Å². The molecule has 0 bridgehead atoms. The third kappa shape index (κ3) is 3.28. The van der Waals surface area contributed by atoms with E-state index >= 15 is 0 Å². The van der Waals surface area contributed by atoms with Gasteiger partial charge < -0.3 is 10.4 Å². The molecule has 6 heteroatoms. The zero-order valence-corrected chi connectivity index (χ0v) is 12.7. The summed E-state index contributed by atoms with van der Waals surface area (Å²) >= 11 is 0. The minimum atomic E-state index is -4.47. The Hall–Kier alpha value is -2.34. The molecule has 1 aliphatic carbocycles. The van der Waals surface area contributed by atoms with Crippen molar-refractivity contribution in [1.29, 1.82) is 0 Å². The van der Waals surface area contributed by atoms with Gasteiger partial charge in [-0.2, -0.15) is 13.2 Å². The molecule has 24 heavy (non-hydrogen) atoms. The van der Waals surface area contributed by atoms with Gasteiger partial charge in [0, 0.05) is 5.69 Å². The number of nitrogens with one attached hydrogen (secondary N) is 1. The lowest BCUT2D eigenvalue weighted by atomic mass is 9.92. The highest BCUT2D eigenvalue weighted by atomic mass is 19.4. The van der Waals surface area contributed by atoms with Crippen LogP contribution in [0.4, 0.5) is 18.9 Å². The van der Waals surface area contributed by atoms with E-state index in [4.69, 9.17) is 0 Å². The minimum absolute atomic E-state index is 0.0599. The number of carbonyl (C=O) groups is 1. The number of rotatable bonds is 3. The van der Waals surface area contributed by atoms with E-state index in [0.29, 0.717) is 18.4 Å². The van der Waals surface area contributed by atoms with Crippen LogP contribution in [0.15, 0.2) is 48.5 Å². The second-order valence-electron chi connectivity index (χ2n) is 5.99. The predicted molar refractivity (Wildman–Crippen MR) is 83.4 cm³/mol. The molecule has 0 radical (unpaired) electrons. The Morgan fingerprint density at radius 2 is 1.92 bits per heavy atom. The van der Waals surface area contributed by atoms with Crippen molar-refractivity contribution in [3.63, 3.8) is 0 Å². The summed E-state index contributed by atoms with van der Waals surface area (Å²) in [4.78, 5) is 12.2. The molecule has 0 heterocycles. The van der Waals surface area contributed by atoms with Gasteiger partial charge in [0.05, 0.1) is 17.6 Å². The standard InChI is InChI=1S/C18H16F3NO2/c19-18(20,21)13-5-3-6-14(10-13)22-16(23)11-17(24)9-8-12-4-1-2-7-15(12)17/h1-7,10,24H,8-9,11H2,(H,22,23). The normalized spacial score (nSPS) is 19.8. The van der Waals surface area contributed by atoms with Crippen LogP contribution in [0, 0.1) is 0 Å². The number of amides is 1. The average Bonchev–Trinajstić information content (AvgIpc) is 2.84. The number of hydrogen-bond donors (Lipinski definition) is 2. The van der Waals surface area contributed by atoms with Crippen molar-refractivity contribution in [2.75, 3.05) is 5.32 Å². The van der Waals surface area contributed by atoms with Gasteiger partial charge in [-0.25, -0.2) is 0 Å². The molecule has 1 amide bonds. The molecule has 3 rings (SSSR count). The van der Waals surface area contributed by atoms with E-state index in [9.17, 15) is 23.1 Å². The first kappa shape index (κ1) is 16.5. The molecule has 0 spiro atoms. The summed E-state index contributed by atoms with van der Waals surface area (Å²) < 4.78 is 38.1. The molecule has 3 nitrogen and oxygen atoms in total. The van der Waals surface area contributed by atoms with E-state index in [-0.39, 0.29) is 12.1 Å². The number of fused-ring (bicyclic) bond motifs is 1. The molecular formula is C18H16F3NO2. The number of aryl methyl sites for hydroxylation is 1. The molecule has 0 aliphatic heterocycles. The van der Waals surface area contributed by atoms with Crippen molar-refractivity contribution in [1.82, 2.24) is 0 Å². The van der Waals surface area contributed by atoms with Crippen molar-refractivity contribution in [3.8, 4) is 0 Å². The summed E-state index contributed by atoms with van der Waals surface area (Å²) in [6, 6.07) is 11.8. The summed E-state index contributed by atoms with van der Waals surface area (Å²) in [5.74, 6) is -0.520. The summed E-state index contributed by atoms with van der Waals surface area (Å²) in [7, 11) is 0. The first-order valence-electron chi connectivity index (χ1n) is 7.56. The van der Waals surface area contributed by atoms with Crippen molar-refractivity contribution >= 4 is 11.6 Å². The zero-order valence-electron chi connectivity index (χ0n) is 12.7. The SMILES string of the molecule is O=C(CC1(O)CCc2ccccc21)Nc1cccc(C(F)(F)F)c1. The molecule has 1 aliphatic rings. The summed E-state index contributed by atoms with van der Waals surface area (Å²) in [5.41, 5.74) is -0.339. The van der Waals surface area contributed by atoms with Crippen LogP contribution in [0.2, 0.25) is 0 Å². The summed E-state index contributed by atoms with van der Waals surface area (Å²) in [5, 5.41) is 13.2. The molecule has 126 valence electrons. The van der Waals surface area contributed by atoms with E-state index in [1.807, 2.05) is 12.1 Å². The van der Waals surface area contributed by atoms with Crippen LogP contribution in [0.25, 0.3) is 0 Å². The largest absolute Gasteiger partial charge is 0.416 e. The number of halogens is 3. The number of benzene rings is 2. The van der Waals surface area contributed by atoms with Gasteiger partial charge in [0.2, 0.25) is 5.91 Å². The van der Waals surface area contributed by atoms with E-state index in [2.05, 4.69) is 5.32 Å². The third-order valence-electron chi connectivity index (χ3n) is 4.25. The van der Waals surface area contributed by atoms with Crippen LogP contribution in [-0.2, 0) is 23.0 Å². The van der Waals surface area contributed by atoms with Gasteiger partial charge in [0.15, 0.2) is 0 Å². The van der Waals surface area contributed by atoms with E-state index in [0.717, 1.165) is 17.7 Å². The Balaban J connectivity index is 1.73. The van der Waals surface area contributed by atoms with Gasteiger partial charge in [-0.3, -0.25) is 4.79 Å². The lowest BCUT2D eigenvalue weighted by molar-refractivity contribution is -0.137. The number of carbonyl (C=O) groups excluding carboxylic acids is 1. The van der Waals surface area contributed by atoms with E-state index in [1.54, 1.807) is 12.1 Å². The van der Waals surface area contributed by atoms with Crippen LogP contribution in [-0.4, -0.2) is 11.0 Å². The molecule has 2 aromatic carbocycles. The second-order valence-corrected chi connectivity index (χ2v) is 5.99. The highest BCUT2D eigenvalue weighted by molar-refractivity contribution is 5.91. The number of aliphatic hydroxyl groups is 1. The van der Waals surface area contributed by atoms with Crippen LogP contribution in [0.1, 0.15) is 29.5 Å². The predicted octanol–water partition coefficient (Wildman–Crippen LogP) is 3.87. The first-order valence-corrected chi connectivity index (χ1v) is 7.56. The maximum Gasteiger partial charge on any atom is 0.416 e. The Labute approximate surface area is 137 Å². The number of hydrogen-bond acceptors (Lipinski definition) is 2. The van der Waals surface area contributed by atoms with Crippen molar-refractivity contribution in [3.05, 3.63) is 65.2 Å². The van der Waals surface area contributed by atoms with E-state index < -0.39 is 23.2 Å². The van der Waals surface area contributed by atoms with Crippen molar-refractivity contribution in [2.45, 2.75) is 31.0 Å². The molecule has 1 unspecified atom stereocenters. The van der Waals surface area contributed by atoms with Crippen molar-refractivity contribution in [2.24, 2.45) is 0 Å². The van der Waals surface area contributed by atoms with Gasteiger partial charge >= 0.3 is 6.18 Å². The average molecular weight is 335 g/mol. The number of alkyl halides is 3. The second kappa shape index (κ2) is 5.94. The van der Waals surface area contributed by atoms with Crippen LogP contribution in [0.5, 0.6) is 0 Å². The topological polar surface area (TPSA) is 49.3 Å². The Morgan fingerprint density at radius 3 is 2.67 bits per heavy atom. The molecule has 0 aromatic heterocycles. The van der Waals surface area contributed by atoms with Gasteiger partial charge in [0.25, 0.3) is 0 Å². The Morgan fingerprint density at radius 1 is 1.17 bits per heavy atom. The maximum absolute atomic E-state index is 12.7. The van der Waals surface area contributed by atoms with E-state index in [1.165, 1.54) is 12.1 Å². The lowest BCUT2D eigenvalue weighted by Crippen LogP contribution is -2.29. The molecule has 1 atom stereocenters. The smallest absolute Gasteiger partial charge is 0.385 e. The molecule has 0 saturated heterocycles. The molecular weight excluding hydrogens is 319 g/mol. The molecule has 2 N–H and O–H groups in total. The minimum Gasteiger partial charge on any atom is -0.385 e. The first-order chi connectivity index (χ1) is 11.3. The van der Waals surface area contributed by atoms with Gasteiger partial charge in [-0.1, -0.05) is 30.3 Å². The lowest BCUT2D eigenvalue weighted by Gasteiger charge is -2.23. The van der Waals surface area contributed by atoms with Gasteiger partial charge in [-0.15, -0.1) is 0 Å². The van der Waals surface area contributed by atoms with Gasteiger partial charge in [0.1, 0.15) is 0 Å². The van der Waals surface area contributed by atoms with Crippen LogP contribution in [0.3, 0.4) is 0 Å². The summed E-state index contributed by atoms with van der Waals surface area (Å²) in [6.07, 6.45) is -3.57.